The Morgan fingerprint density at radius 3 is 1.96 bits per heavy atom. The van der Waals surface area contributed by atoms with Gasteiger partial charge in [0, 0.05) is 32.7 Å². The number of β-amino-alcohol motifs (C(OH)–C–C–N with tert-alkyl or cyclic N) is 1. The van der Waals surface area contributed by atoms with Crippen molar-refractivity contribution in [2.45, 2.75) is 51.4 Å². The number of hydrogen-bond donors (Lipinski definition) is 1. The first-order valence-electron chi connectivity index (χ1n) is 10.1. The lowest BCUT2D eigenvalue weighted by Crippen LogP contribution is -2.47. The smallest absolute Gasteiger partial charge is 0.0558 e. The largest absolute Gasteiger partial charge is 0.395 e. The van der Waals surface area contributed by atoms with E-state index in [9.17, 15) is 0 Å². The Morgan fingerprint density at radius 1 is 0.792 bits per heavy atom. The Balaban J connectivity index is 1.34. The molecule has 24 heavy (non-hydrogen) atoms. The molecule has 4 rings (SSSR count). The molecule has 0 atom stereocenters. The number of aryl methyl sites for hydroxylation is 2. The first-order valence-corrected chi connectivity index (χ1v) is 10.1. The standard InChI is InChI=1S/C21H32N2O/c24-15-14-23-12-10-22(11-13-23)9-3-8-21-19-6-1-4-17(19)16-18-5-2-7-20(18)21/h16,24H,1-15H2. The van der Waals surface area contributed by atoms with Crippen LogP contribution in [0.15, 0.2) is 6.07 Å². The van der Waals surface area contributed by atoms with Crippen LogP contribution >= 0.6 is 0 Å². The summed E-state index contributed by atoms with van der Waals surface area (Å²) < 4.78 is 0. The van der Waals surface area contributed by atoms with E-state index in [1.807, 2.05) is 0 Å². The molecule has 132 valence electrons. The van der Waals surface area contributed by atoms with Crippen molar-refractivity contribution in [3.8, 4) is 0 Å². The molecule has 0 radical (unpaired) electrons. The number of aliphatic hydroxyl groups is 1. The van der Waals surface area contributed by atoms with Gasteiger partial charge in [-0.1, -0.05) is 6.07 Å². The number of benzene rings is 1. The summed E-state index contributed by atoms with van der Waals surface area (Å²) in [6.07, 6.45) is 10.7. The van der Waals surface area contributed by atoms with Crippen LogP contribution in [0, 0.1) is 0 Å². The van der Waals surface area contributed by atoms with E-state index in [-0.39, 0.29) is 0 Å². The van der Waals surface area contributed by atoms with Gasteiger partial charge in [0.2, 0.25) is 0 Å². The average molecular weight is 329 g/mol. The average Bonchev–Trinajstić information content (AvgIpc) is 3.25. The van der Waals surface area contributed by atoms with E-state index in [1.54, 1.807) is 27.8 Å². The van der Waals surface area contributed by atoms with Crippen LogP contribution in [0.4, 0.5) is 0 Å². The van der Waals surface area contributed by atoms with Crippen molar-refractivity contribution in [3.63, 3.8) is 0 Å². The van der Waals surface area contributed by atoms with Gasteiger partial charge in [-0.15, -0.1) is 0 Å². The molecule has 1 heterocycles. The zero-order valence-corrected chi connectivity index (χ0v) is 15.0. The van der Waals surface area contributed by atoms with E-state index in [0.717, 1.165) is 19.6 Å². The molecule has 3 nitrogen and oxygen atoms in total. The summed E-state index contributed by atoms with van der Waals surface area (Å²) in [5.74, 6) is 0. The molecule has 0 aromatic heterocycles. The van der Waals surface area contributed by atoms with Gasteiger partial charge >= 0.3 is 0 Å². The van der Waals surface area contributed by atoms with Crippen LogP contribution in [0.5, 0.6) is 0 Å². The fraction of sp³-hybridized carbons (Fsp3) is 0.714. The summed E-state index contributed by atoms with van der Waals surface area (Å²) in [6.45, 7) is 6.97. The van der Waals surface area contributed by atoms with Crippen molar-refractivity contribution < 1.29 is 5.11 Å². The molecular formula is C21H32N2O. The Labute approximate surface area is 146 Å². The number of fused-ring (bicyclic) bond motifs is 2. The lowest BCUT2D eigenvalue weighted by Gasteiger charge is -2.34. The van der Waals surface area contributed by atoms with Crippen LogP contribution in [-0.4, -0.2) is 60.8 Å². The number of hydrogen-bond acceptors (Lipinski definition) is 3. The highest BCUT2D eigenvalue weighted by atomic mass is 16.3. The normalized spacial score (nSPS) is 21.2. The summed E-state index contributed by atoms with van der Waals surface area (Å²) in [4.78, 5) is 5.00. The SMILES string of the molecule is OCCN1CCN(CCCc2c3c(cc4c2CCC4)CCC3)CC1. The van der Waals surface area contributed by atoms with E-state index in [2.05, 4.69) is 15.9 Å². The van der Waals surface area contributed by atoms with Crippen molar-refractivity contribution in [2.24, 2.45) is 0 Å². The van der Waals surface area contributed by atoms with Crippen LogP contribution in [-0.2, 0) is 32.1 Å². The fourth-order valence-corrected chi connectivity index (χ4v) is 5.09. The molecule has 0 saturated carbocycles. The van der Waals surface area contributed by atoms with Crippen LogP contribution in [0.1, 0.15) is 47.1 Å². The van der Waals surface area contributed by atoms with E-state index in [0.29, 0.717) is 6.61 Å². The molecule has 0 bridgehead atoms. The monoisotopic (exact) mass is 328 g/mol. The molecule has 1 fully saturated rings. The second-order valence-corrected chi connectivity index (χ2v) is 7.85. The maximum atomic E-state index is 9.05. The molecule has 0 amide bonds. The minimum absolute atomic E-state index is 0.296. The lowest BCUT2D eigenvalue weighted by atomic mass is 9.91. The van der Waals surface area contributed by atoms with Crippen LogP contribution < -0.4 is 0 Å². The van der Waals surface area contributed by atoms with Gasteiger partial charge in [0.25, 0.3) is 0 Å². The summed E-state index contributed by atoms with van der Waals surface area (Å²) in [5, 5.41) is 9.05. The van der Waals surface area contributed by atoms with E-state index >= 15 is 0 Å². The highest BCUT2D eigenvalue weighted by molar-refractivity contribution is 5.50. The van der Waals surface area contributed by atoms with Gasteiger partial charge in [-0.2, -0.15) is 0 Å². The zero-order chi connectivity index (χ0) is 16.4. The Kier molecular flexibility index (Phi) is 5.21. The van der Waals surface area contributed by atoms with E-state index in [1.165, 1.54) is 71.0 Å². The summed E-state index contributed by atoms with van der Waals surface area (Å²) >= 11 is 0. The van der Waals surface area contributed by atoms with Gasteiger partial charge in [-0.25, -0.2) is 0 Å². The van der Waals surface area contributed by atoms with Crippen molar-refractivity contribution in [2.75, 3.05) is 45.9 Å². The topological polar surface area (TPSA) is 26.7 Å². The molecule has 1 aromatic carbocycles. The molecule has 1 saturated heterocycles. The molecule has 3 heteroatoms. The molecule has 1 aromatic rings. The highest BCUT2D eigenvalue weighted by Crippen LogP contribution is 2.35. The molecule has 3 aliphatic rings. The Hall–Kier alpha value is -0.900. The third kappa shape index (κ3) is 3.40. The fourth-order valence-electron chi connectivity index (χ4n) is 5.09. The van der Waals surface area contributed by atoms with Crippen LogP contribution in [0.25, 0.3) is 0 Å². The van der Waals surface area contributed by atoms with E-state index in [4.69, 9.17) is 5.11 Å². The quantitative estimate of drug-likeness (QED) is 0.867. The van der Waals surface area contributed by atoms with E-state index < -0.39 is 0 Å². The zero-order valence-electron chi connectivity index (χ0n) is 15.0. The van der Waals surface area contributed by atoms with Crippen LogP contribution in [0.2, 0.25) is 0 Å². The maximum absolute atomic E-state index is 9.05. The second kappa shape index (κ2) is 7.55. The molecule has 1 aliphatic heterocycles. The van der Waals surface area contributed by atoms with Crippen molar-refractivity contribution in [1.29, 1.82) is 0 Å². The second-order valence-electron chi connectivity index (χ2n) is 7.85. The Bertz CT molecular complexity index is 543. The molecule has 1 N–H and O–H groups in total. The van der Waals surface area contributed by atoms with Gasteiger partial charge in [0.1, 0.15) is 0 Å². The van der Waals surface area contributed by atoms with Crippen molar-refractivity contribution >= 4 is 0 Å². The predicted octanol–water partition coefficient (Wildman–Crippen LogP) is 2.21. The summed E-state index contributed by atoms with van der Waals surface area (Å²) in [6, 6.07) is 2.55. The number of aliphatic hydroxyl groups excluding tert-OH is 1. The minimum Gasteiger partial charge on any atom is -0.395 e. The lowest BCUT2D eigenvalue weighted by molar-refractivity contribution is 0.112. The third-order valence-corrected chi connectivity index (χ3v) is 6.38. The molecule has 0 spiro atoms. The molecule has 0 unspecified atom stereocenters. The maximum Gasteiger partial charge on any atom is 0.0558 e. The van der Waals surface area contributed by atoms with Gasteiger partial charge in [0.15, 0.2) is 0 Å². The van der Waals surface area contributed by atoms with Crippen molar-refractivity contribution in [1.82, 2.24) is 9.80 Å². The molecular weight excluding hydrogens is 296 g/mol. The molecule has 2 aliphatic carbocycles. The minimum atomic E-state index is 0.296. The highest BCUT2D eigenvalue weighted by Gasteiger charge is 2.23. The van der Waals surface area contributed by atoms with Gasteiger partial charge in [-0.05, 0) is 85.7 Å². The predicted molar refractivity (Wildman–Crippen MR) is 98.8 cm³/mol. The third-order valence-electron chi connectivity index (χ3n) is 6.38. The number of rotatable bonds is 6. The first-order chi connectivity index (χ1) is 11.8. The Morgan fingerprint density at radius 2 is 1.38 bits per heavy atom. The van der Waals surface area contributed by atoms with Gasteiger partial charge in [-0.3, -0.25) is 4.90 Å². The van der Waals surface area contributed by atoms with Gasteiger partial charge in [0.05, 0.1) is 6.61 Å². The number of nitrogens with zero attached hydrogens (tertiary/aromatic N) is 2. The first kappa shape index (κ1) is 16.6. The van der Waals surface area contributed by atoms with Gasteiger partial charge < -0.3 is 10.0 Å². The summed E-state index contributed by atoms with van der Waals surface area (Å²) in [5.41, 5.74) is 8.61. The van der Waals surface area contributed by atoms with Crippen molar-refractivity contribution in [3.05, 3.63) is 33.9 Å². The summed E-state index contributed by atoms with van der Waals surface area (Å²) in [7, 11) is 0. The number of piperazine rings is 1. The van der Waals surface area contributed by atoms with Crippen LogP contribution in [0.3, 0.4) is 0 Å².